The Kier molecular flexibility index (Phi) is 3.89. The van der Waals surface area contributed by atoms with Gasteiger partial charge in [-0.15, -0.1) is 0 Å². The second-order valence-corrected chi connectivity index (χ2v) is 7.05. The minimum absolute atomic E-state index is 0.0685. The summed E-state index contributed by atoms with van der Waals surface area (Å²) in [4.78, 5) is 19.6. The molecule has 1 fully saturated rings. The molecule has 136 valence electrons. The molecule has 1 aliphatic heterocycles. The van der Waals surface area contributed by atoms with E-state index in [0.29, 0.717) is 17.0 Å². The van der Waals surface area contributed by atoms with Crippen molar-refractivity contribution in [3.05, 3.63) is 30.9 Å². The van der Waals surface area contributed by atoms with Crippen LogP contribution in [0.4, 0.5) is 5.82 Å². The van der Waals surface area contributed by atoms with Gasteiger partial charge in [-0.1, -0.05) is 6.08 Å². The largest absolute Gasteiger partial charge is 0.366 e. The Morgan fingerprint density at radius 1 is 1.19 bits per heavy atom. The summed E-state index contributed by atoms with van der Waals surface area (Å²) in [7, 11) is 3.88. The molecular formula is C18H22N6O2. The molecule has 2 aromatic heterocycles. The second kappa shape index (κ2) is 6.00. The average molecular weight is 354 g/mol. The van der Waals surface area contributed by atoms with Crippen LogP contribution in [0, 0.1) is 0 Å². The maximum Gasteiger partial charge on any atom is 0.185 e. The van der Waals surface area contributed by atoms with Crippen molar-refractivity contribution in [3.8, 4) is 0 Å². The molecule has 1 aliphatic carbocycles. The summed E-state index contributed by atoms with van der Waals surface area (Å²) < 4.78 is 13.7. The normalized spacial score (nSPS) is 24.7. The van der Waals surface area contributed by atoms with Gasteiger partial charge in [-0.05, 0) is 32.9 Å². The maximum atomic E-state index is 5.95. The van der Waals surface area contributed by atoms with Crippen LogP contribution in [0.3, 0.4) is 0 Å². The molecule has 0 unspecified atom stereocenters. The van der Waals surface area contributed by atoms with Crippen LogP contribution in [-0.4, -0.2) is 62.3 Å². The summed E-state index contributed by atoms with van der Waals surface area (Å²) in [6, 6.07) is 0. The van der Waals surface area contributed by atoms with Gasteiger partial charge in [0.15, 0.2) is 22.8 Å². The zero-order valence-corrected chi connectivity index (χ0v) is 15.5. The first-order valence-corrected chi connectivity index (χ1v) is 8.51. The highest BCUT2D eigenvalue weighted by Gasteiger charge is 2.40. The Morgan fingerprint density at radius 2 is 1.96 bits per heavy atom. The summed E-state index contributed by atoms with van der Waals surface area (Å²) in [5.74, 6) is 0.814. The summed E-state index contributed by atoms with van der Waals surface area (Å²) in [6.45, 7) is 5.77. The topological polar surface area (TPSA) is 77.7 Å². The molecule has 8 heteroatoms. The van der Waals surface area contributed by atoms with Gasteiger partial charge < -0.3 is 14.4 Å². The number of allylic oxidation sites excluding steroid dienone is 2. The van der Waals surface area contributed by atoms with Crippen molar-refractivity contribution in [2.45, 2.75) is 38.8 Å². The summed E-state index contributed by atoms with van der Waals surface area (Å²) in [6.07, 6.45) is 9.10. The van der Waals surface area contributed by atoms with Crippen molar-refractivity contribution in [1.29, 1.82) is 0 Å². The third-order valence-electron chi connectivity index (χ3n) is 4.46. The van der Waals surface area contributed by atoms with E-state index >= 15 is 0 Å². The zero-order chi connectivity index (χ0) is 18.5. The molecule has 8 nitrogen and oxygen atoms in total. The number of amidine groups is 1. The first kappa shape index (κ1) is 16.9. The lowest BCUT2D eigenvalue weighted by Gasteiger charge is -2.17. The van der Waals surface area contributed by atoms with Gasteiger partial charge in [0.05, 0.1) is 0 Å². The Labute approximate surface area is 151 Å². The van der Waals surface area contributed by atoms with Gasteiger partial charge in [-0.2, -0.15) is 0 Å². The molecule has 2 atom stereocenters. The molecule has 2 aliphatic rings. The molecule has 0 radical (unpaired) electrons. The number of fused-ring (bicyclic) bond motifs is 2. The molecule has 26 heavy (non-hydrogen) atoms. The Bertz CT molecular complexity index is 940. The van der Waals surface area contributed by atoms with E-state index < -0.39 is 5.79 Å². The third-order valence-corrected chi connectivity index (χ3v) is 4.46. The Morgan fingerprint density at radius 3 is 2.73 bits per heavy atom. The van der Waals surface area contributed by atoms with E-state index in [1.807, 2.05) is 62.6 Å². The predicted molar refractivity (Wildman–Crippen MR) is 99.0 cm³/mol. The number of rotatable bonds is 2. The Hall–Kier alpha value is -2.58. The van der Waals surface area contributed by atoms with Gasteiger partial charge in [0.25, 0.3) is 0 Å². The molecule has 0 N–H and O–H groups in total. The first-order chi connectivity index (χ1) is 12.3. The van der Waals surface area contributed by atoms with Crippen molar-refractivity contribution >= 4 is 28.5 Å². The fraction of sp³-hybridized carbons (Fsp3) is 0.444. The van der Waals surface area contributed by atoms with E-state index in [-0.39, 0.29) is 12.2 Å². The van der Waals surface area contributed by atoms with Crippen LogP contribution >= 0.6 is 0 Å². The number of hydrogen-bond donors (Lipinski definition) is 0. The van der Waals surface area contributed by atoms with Crippen molar-refractivity contribution in [3.63, 3.8) is 0 Å². The highest BCUT2D eigenvalue weighted by Crippen LogP contribution is 2.34. The molecule has 0 saturated carbocycles. The fourth-order valence-electron chi connectivity index (χ4n) is 3.02. The summed E-state index contributed by atoms with van der Waals surface area (Å²) >= 11 is 0. The van der Waals surface area contributed by atoms with Gasteiger partial charge in [0.1, 0.15) is 30.7 Å². The van der Waals surface area contributed by atoms with Gasteiger partial charge in [-0.3, -0.25) is 4.57 Å². The van der Waals surface area contributed by atoms with Gasteiger partial charge >= 0.3 is 0 Å². The van der Waals surface area contributed by atoms with Crippen LogP contribution in [0.15, 0.2) is 35.9 Å². The highest BCUT2D eigenvalue weighted by atomic mass is 16.7. The molecular weight excluding hydrogens is 332 g/mol. The van der Waals surface area contributed by atoms with Gasteiger partial charge in [-0.25, -0.2) is 19.9 Å². The molecule has 2 aromatic rings. The lowest BCUT2D eigenvalue weighted by atomic mass is 10.1. The second-order valence-electron chi connectivity index (χ2n) is 7.05. The standard InChI is InChI=1S/C18H22N6O2/c1-11(23(4)5)22-16-15-17(20-9-19-16)24(10-21-15)12-6-7-13-14(8-12)26-18(2,3)25-13/h6-10,13-14H,1-5H3/b22-11+/t13-,14+/m0/s1. The monoisotopic (exact) mass is 354 g/mol. The summed E-state index contributed by atoms with van der Waals surface area (Å²) in [5, 5.41) is 0. The molecule has 0 spiro atoms. The predicted octanol–water partition coefficient (Wildman–Crippen LogP) is 2.37. The van der Waals surface area contributed by atoms with Crippen molar-refractivity contribution in [2.75, 3.05) is 14.1 Å². The van der Waals surface area contributed by atoms with Crippen LogP contribution in [0.2, 0.25) is 0 Å². The minimum Gasteiger partial charge on any atom is -0.366 e. The van der Waals surface area contributed by atoms with E-state index in [1.165, 1.54) is 6.33 Å². The van der Waals surface area contributed by atoms with Crippen molar-refractivity contribution < 1.29 is 9.47 Å². The van der Waals surface area contributed by atoms with E-state index in [4.69, 9.17) is 9.47 Å². The van der Waals surface area contributed by atoms with Crippen molar-refractivity contribution in [1.82, 2.24) is 24.4 Å². The molecule has 0 aromatic carbocycles. The van der Waals surface area contributed by atoms with Crippen LogP contribution in [0.25, 0.3) is 16.9 Å². The number of hydrogen-bond acceptors (Lipinski definition) is 6. The van der Waals surface area contributed by atoms with Gasteiger partial charge in [0.2, 0.25) is 0 Å². The van der Waals surface area contributed by atoms with E-state index in [0.717, 1.165) is 11.5 Å². The van der Waals surface area contributed by atoms with Crippen LogP contribution in [0.5, 0.6) is 0 Å². The molecule has 0 amide bonds. The molecule has 0 bridgehead atoms. The lowest BCUT2D eigenvalue weighted by molar-refractivity contribution is -0.138. The van der Waals surface area contributed by atoms with Crippen LogP contribution < -0.4 is 0 Å². The number of imidazole rings is 1. The molecule has 4 rings (SSSR count). The number of aliphatic imine (C=N–C) groups is 1. The van der Waals surface area contributed by atoms with Crippen LogP contribution in [-0.2, 0) is 9.47 Å². The summed E-state index contributed by atoms with van der Waals surface area (Å²) in [5.41, 5.74) is 2.31. The van der Waals surface area contributed by atoms with Gasteiger partial charge in [0, 0.05) is 19.8 Å². The Balaban J connectivity index is 1.73. The lowest BCUT2D eigenvalue weighted by Crippen LogP contribution is -2.21. The average Bonchev–Trinajstić information content (AvgIpc) is 3.13. The van der Waals surface area contributed by atoms with E-state index in [1.54, 1.807) is 6.33 Å². The van der Waals surface area contributed by atoms with E-state index in [9.17, 15) is 0 Å². The van der Waals surface area contributed by atoms with E-state index in [2.05, 4.69) is 19.9 Å². The smallest absolute Gasteiger partial charge is 0.185 e. The number of ether oxygens (including phenoxy) is 2. The maximum absolute atomic E-state index is 5.95. The fourth-order valence-corrected chi connectivity index (χ4v) is 3.02. The highest BCUT2D eigenvalue weighted by molar-refractivity contribution is 5.89. The van der Waals surface area contributed by atoms with Crippen LogP contribution in [0.1, 0.15) is 20.8 Å². The number of aromatic nitrogens is 4. The quantitative estimate of drug-likeness (QED) is 0.609. The number of nitrogens with zero attached hydrogens (tertiary/aromatic N) is 6. The van der Waals surface area contributed by atoms with Crippen molar-refractivity contribution in [2.24, 2.45) is 4.99 Å². The first-order valence-electron chi connectivity index (χ1n) is 8.51. The molecule has 3 heterocycles. The third kappa shape index (κ3) is 2.91. The zero-order valence-electron chi connectivity index (χ0n) is 15.5. The minimum atomic E-state index is -0.587. The SMILES string of the molecule is C/C(=N\c1ncnc2c1ncn2C1=C[C@H]2OC(C)(C)O[C@H]2C=C1)N(C)C. The molecule has 1 saturated heterocycles.